The van der Waals surface area contributed by atoms with Crippen LogP contribution in [0.1, 0.15) is 30.5 Å². The van der Waals surface area contributed by atoms with Crippen LogP contribution in [0.5, 0.6) is 0 Å². The van der Waals surface area contributed by atoms with Gasteiger partial charge in [0.2, 0.25) is 5.91 Å². The van der Waals surface area contributed by atoms with Crippen molar-refractivity contribution < 1.29 is 4.79 Å². The van der Waals surface area contributed by atoms with E-state index in [-0.39, 0.29) is 17.7 Å². The van der Waals surface area contributed by atoms with E-state index in [0.717, 1.165) is 27.1 Å². The van der Waals surface area contributed by atoms with Gasteiger partial charge in [-0.15, -0.1) is 21.5 Å². The molecule has 3 aromatic rings. The first-order valence-corrected chi connectivity index (χ1v) is 10.1. The molecule has 1 N–H and O–H groups in total. The molecule has 0 atom stereocenters. The van der Waals surface area contributed by atoms with E-state index in [9.17, 15) is 4.79 Å². The van der Waals surface area contributed by atoms with E-state index in [1.807, 2.05) is 44.2 Å². The molecule has 26 heavy (non-hydrogen) atoms. The molecule has 0 aliphatic heterocycles. The first kappa shape index (κ1) is 18.6. The summed E-state index contributed by atoms with van der Waals surface area (Å²) in [6.07, 6.45) is 0. The highest BCUT2D eigenvalue weighted by Gasteiger charge is 2.18. The highest BCUT2D eigenvalue weighted by molar-refractivity contribution is 7.99. The molecule has 0 saturated heterocycles. The van der Waals surface area contributed by atoms with Crippen LogP contribution in [0.3, 0.4) is 0 Å². The number of hydrogen-bond donors (Lipinski definition) is 1. The monoisotopic (exact) mass is 387 g/mol. The van der Waals surface area contributed by atoms with Crippen LogP contribution in [0.15, 0.2) is 35.5 Å². The van der Waals surface area contributed by atoms with Crippen LogP contribution in [0.4, 0.5) is 5.13 Å². The van der Waals surface area contributed by atoms with E-state index in [2.05, 4.69) is 38.9 Å². The van der Waals surface area contributed by atoms with Gasteiger partial charge in [0.25, 0.3) is 0 Å². The fourth-order valence-corrected chi connectivity index (χ4v) is 4.13. The zero-order chi connectivity index (χ0) is 18.7. The summed E-state index contributed by atoms with van der Waals surface area (Å²) in [5.74, 6) is 0.982. The fourth-order valence-electron chi connectivity index (χ4n) is 2.44. The third kappa shape index (κ3) is 4.13. The van der Waals surface area contributed by atoms with Crippen molar-refractivity contribution in [1.82, 2.24) is 19.7 Å². The van der Waals surface area contributed by atoms with E-state index in [0.29, 0.717) is 5.13 Å². The van der Waals surface area contributed by atoms with Crippen molar-refractivity contribution in [3.63, 3.8) is 0 Å². The van der Waals surface area contributed by atoms with Crippen LogP contribution in [-0.4, -0.2) is 31.4 Å². The molecule has 1 amide bonds. The zero-order valence-corrected chi connectivity index (χ0v) is 16.8. The SMILES string of the molecule is Cc1nc(NC(=O)CSc2nnc(-c3ccccc3)n2C(C)C)sc1C. The molecule has 6 nitrogen and oxygen atoms in total. The molecule has 2 heterocycles. The molecule has 8 heteroatoms. The first-order chi connectivity index (χ1) is 12.5. The van der Waals surface area contributed by atoms with Gasteiger partial charge in [0.15, 0.2) is 16.1 Å². The van der Waals surface area contributed by atoms with Crippen molar-refractivity contribution in [3.05, 3.63) is 40.9 Å². The number of hydrogen-bond acceptors (Lipinski definition) is 6. The number of carbonyl (C=O) groups excluding carboxylic acids is 1. The van der Waals surface area contributed by atoms with Gasteiger partial charge in [-0.1, -0.05) is 42.1 Å². The van der Waals surface area contributed by atoms with Crippen molar-refractivity contribution in [2.45, 2.75) is 38.9 Å². The molecule has 3 rings (SSSR count). The summed E-state index contributed by atoms with van der Waals surface area (Å²) in [4.78, 5) is 17.7. The number of thioether (sulfide) groups is 1. The van der Waals surface area contributed by atoms with Crippen LogP contribution in [0.25, 0.3) is 11.4 Å². The van der Waals surface area contributed by atoms with Gasteiger partial charge in [-0.2, -0.15) is 0 Å². The van der Waals surface area contributed by atoms with Gasteiger partial charge < -0.3 is 5.32 Å². The Balaban J connectivity index is 1.71. The van der Waals surface area contributed by atoms with Crippen molar-refractivity contribution in [2.75, 3.05) is 11.1 Å². The third-order valence-corrected chi connectivity index (χ3v) is 5.75. The number of carbonyl (C=O) groups is 1. The molecule has 0 spiro atoms. The second kappa shape index (κ2) is 8.01. The zero-order valence-electron chi connectivity index (χ0n) is 15.2. The van der Waals surface area contributed by atoms with Crippen molar-refractivity contribution in [1.29, 1.82) is 0 Å². The van der Waals surface area contributed by atoms with Gasteiger partial charge in [0, 0.05) is 16.5 Å². The Bertz CT molecular complexity index is 882. The minimum absolute atomic E-state index is 0.0942. The van der Waals surface area contributed by atoms with Crippen LogP contribution < -0.4 is 5.32 Å². The number of nitrogens with one attached hydrogen (secondary N) is 1. The second-order valence-electron chi connectivity index (χ2n) is 6.13. The lowest BCUT2D eigenvalue weighted by Gasteiger charge is -2.13. The predicted molar refractivity (Wildman–Crippen MR) is 107 cm³/mol. The smallest absolute Gasteiger partial charge is 0.236 e. The Morgan fingerprint density at radius 2 is 1.96 bits per heavy atom. The fraction of sp³-hybridized carbons (Fsp3) is 0.333. The average Bonchev–Trinajstić information content (AvgIpc) is 3.17. The molecular weight excluding hydrogens is 366 g/mol. The standard InChI is InChI=1S/C18H21N5OS2/c1-11(2)23-16(14-8-6-5-7-9-14)21-22-18(23)25-10-15(24)20-17-19-12(3)13(4)26-17/h5-9,11H,10H2,1-4H3,(H,19,20,24). The average molecular weight is 388 g/mol. The molecule has 0 bridgehead atoms. The van der Waals surface area contributed by atoms with Gasteiger partial charge in [-0.25, -0.2) is 4.98 Å². The van der Waals surface area contributed by atoms with Crippen LogP contribution >= 0.6 is 23.1 Å². The number of anilines is 1. The van der Waals surface area contributed by atoms with Gasteiger partial charge in [0.05, 0.1) is 11.4 Å². The highest BCUT2D eigenvalue weighted by atomic mass is 32.2. The van der Waals surface area contributed by atoms with Crippen LogP contribution in [0.2, 0.25) is 0 Å². The van der Waals surface area contributed by atoms with Crippen molar-refractivity contribution in [3.8, 4) is 11.4 Å². The van der Waals surface area contributed by atoms with Crippen molar-refractivity contribution in [2.24, 2.45) is 0 Å². The van der Waals surface area contributed by atoms with Crippen molar-refractivity contribution >= 4 is 34.1 Å². The molecule has 2 aromatic heterocycles. The minimum Gasteiger partial charge on any atom is -0.301 e. The number of benzene rings is 1. The van der Waals surface area contributed by atoms with Gasteiger partial charge in [-0.05, 0) is 27.7 Å². The number of nitrogens with zero attached hydrogens (tertiary/aromatic N) is 4. The summed E-state index contributed by atoms with van der Waals surface area (Å²) < 4.78 is 2.06. The molecule has 0 saturated carbocycles. The number of amides is 1. The first-order valence-electron chi connectivity index (χ1n) is 8.32. The topological polar surface area (TPSA) is 72.7 Å². The summed E-state index contributed by atoms with van der Waals surface area (Å²) >= 11 is 2.87. The molecular formula is C18H21N5OS2. The molecule has 1 aromatic carbocycles. The van der Waals surface area contributed by atoms with E-state index in [1.54, 1.807) is 0 Å². The van der Waals surface area contributed by atoms with E-state index >= 15 is 0 Å². The lowest BCUT2D eigenvalue weighted by molar-refractivity contribution is -0.113. The van der Waals surface area contributed by atoms with Gasteiger partial charge in [0.1, 0.15) is 0 Å². The van der Waals surface area contributed by atoms with Gasteiger partial charge >= 0.3 is 0 Å². The lowest BCUT2D eigenvalue weighted by atomic mass is 10.2. The number of thiazole rings is 1. The molecule has 136 valence electrons. The normalized spacial score (nSPS) is 11.1. The maximum Gasteiger partial charge on any atom is 0.236 e. The maximum absolute atomic E-state index is 12.2. The number of aryl methyl sites for hydroxylation is 2. The molecule has 0 aliphatic carbocycles. The Morgan fingerprint density at radius 3 is 2.58 bits per heavy atom. The quantitative estimate of drug-likeness (QED) is 0.637. The predicted octanol–water partition coefficient (Wildman–Crippen LogP) is 4.33. The third-order valence-electron chi connectivity index (χ3n) is 3.82. The van der Waals surface area contributed by atoms with E-state index < -0.39 is 0 Å². The summed E-state index contributed by atoms with van der Waals surface area (Å²) in [5.41, 5.74) is 1.96. The second-order valence-corrected chi connectivity index (χ2v) is 8.28. The Kier molecular flexibility index (Phi) is 5.73. The molecule has 0 aliphatic rings. The summed E-state index contributed by atoms with van der Waals surface area (Å²) in [5, 5.41) is 12.9. The van der Waals surface area contributed by atoms with Crippen LogP contribution in [0, 0.1) is 13.8 Å². The van der Waals surface area contributed by atoms with Gasteiger partial charge in [-0.3, -0.25) is 9.36 Å². The van der Waals surface area contributed by atoms with E-state index in [1.165, 1.54) is 23.1 Å². The molecule has 0 fully saturated rings. The highest BCUT2D eigenvalue weighted by Crippen LogP contribution is 2.28. The summed E-state index contributed by atoms with van der Waals surface area (Å²) in [7, 11) is 0. The number of rotatable bonds is 6. The minimum atomic E-state index is -0.0942. The Morgan fingerprint density at radius 1 is 1.23 bits per heavy atom. The van der Waals surface area contributed by atoms with E-state index in [4.69, 9.17) is 0 Å². The molecule has 0 radical (unpaired) electrons. The number of aromatic nitrogens is 4. The van der Waals surface area contributed by atoms with Crippen LogP contribution in [-0.2, 0) is 4.79 Å². The Hall–Kier alpha value is -2.19. The maximum atomic E-state index is 12.2. The Labute approximate surface area is 161 Å². The summed E-state index contributed by atoms with van der Waals surface area (Å²) in [6.45, 7) is 8.10. The lowest BCUT2D eigenvalue weighted by Crippen LogP contribution is -2.15. The largest absolute Gasteiger partial charge is 0.301 e. The summed E-state index contributed by atoms with van der Waals surface area (Å²) in [6, 6.07) is 10.1. The molecule has 0 unspecified atom stereocenters.